The number of amides is 2. The van der Waals surface area contributed by atoms with Gasteiger partial charge in [0.15, 0.2) is 0 Å². The number of likely N-dealkylation sites (N-methyl/N-ethyl adjacent to an activating group) is 1. The van der Waals surface area contributed by atoms with Crippen molar-refractivity contribution in [3.63, 3.8) is 0 Å². The van der Waals surface area contributed by atoms with E-state index < -0.39 is 0 Å². The van der Waals surface area contributed by atoms with Gasteiger partial charge in [0, 0.05) is 19.2 Å². The third kappa shape index (κ3) is 5.98. The van der Waals surface area contributed by atoms with Crippen LogP contribution in [-0.2, 0) is 16.0 Å². The summed E-state index contributed by atoms with van der Waals surface area (Å²) in [5.74, 6) is 0.353. The molecule has 0 unspecified atom stereocenters. The van der Waals surface area contributed by atoms with Crippen molar-refractivity contribution < 1.29 is 9.59 Å². The van der Waals surface area contributed by atoms with Crippen molar-refractivity contribution in [1.29, 1.82) is 0 Å². The van der Waals surface area contributed by atoms with E-state index >= 15 is 0 Å². The standard InChI is InChI=1S/C17H26N2O2/c1-5-14-8-6-7-9-15(14)18-16(20)12-19(4)17(21)11-10-13(2)3/h6-9,13H,5,10-12H2,1-4H3,(H,18,20). The third-order valence-corrected chi connectivity index (χ3v) is 3.41. The van der Waals surface area contributed by atoms with Gasteiger partial charge < -0.3 is 10.2 Å². The Morgan fingerprint density at radius 2 is 1.90 bits per heavy atom. The number of anilines is 1. The van der Waals surface area contributed by atoms with Gasteiger partial charge in [0.25, 0.3) is 0 Å². The number of benzene rings is 1. The van der Waals surface area contributed by atoms with Crippen LogP contribution in [0, 0.1) is 5.92 Å². The molecule has 0 spiro atoms. The highest BCUT2D eigenvalue weighted by Crippen LogP contribution is 2.15. The van der Waals surface area contributed by atoms with Gasteiger partial charge in [-0.25, -0.2) is 0 Å². The molecule has 1 N–H and O–H groups in total. The number of nitrogens with zero attached hydrogens (tertiary/aromatic N) is 1. The molecule has 21 heavy (non-hydrogen) atoms. The normalized spacial score (nSPS) is 10.5. The fraction of sp³-hybridized carbons (Fsp3) is 0.529. The van der Waals surface area contributed by atoms with Crippen LogP contribution in [0.15, 0.2) is 24.3 Å². The van der Waals surface area contributed by atoms with Crippen molar-refractivity contribution in [1.82, 2.24) is 4.90 Å². The summed E-state index contributed by atoms with van der Waals surface area (Å²) < 4.78 is 0. The van der Waals surface area contributed by atoms with Crippen LogP contribution in [0.5, 0.6) is 0 Å². The number of aryl methyl sites for hydroxylation is 1. The molecule has 0 atom stereocenters. The Morgan fingerprint density at radius 3 is 2.52 bits per heavy atom. The summed E-state index contributed by atoms with van der Waals surface area (Å²) in [5, 5.41) is 2.88. The maximum atomic E-state index is 12.0. The summed E-state index contributed by atoms with van der Waals surface area (Å²) in [4.78, 5) is 25.4. The highest BCUT2D eigenvalue weighted by atomic mass is 16.2. The molecular weight excluding hydrogens is 264 g/mol. The topological polar surface area (TPSA) is 49.4 Å². The Balaban J connectivity index is 2.51. The smallest absolute Gasteiger partial charge is 0.243 e. The molecule has 0 saturated heterocycles. The molecule has 2 amide bonds. The van der Waals surface area contributed by atoms with E-state index in [1.165, 1.54) is 4.90 Å². The van der Waals surface area contributed by atoms with Gasteiger partial charge in [-0.15, -0.1) is 0 Å². The lowest BCUT2D eigenvalue weighted by Crippen LogP contribution is -2.35. The number of hydrogen-bond acceptors (Lipinski definition) is 2. The van der Waals surface area contributed by atoms with Gasteiger partial charge in [-0.05, 0) is 30.4 Å². The molecule has 1 aromatic rings. The SMILES string of the molecule is CCc1ccccc1NC(=O)CN(C)C(=O)CCC(C)C. The van der Waals surface area contributed by atoms with Crippen LogP contribution in [0.3, 0.4) is 0 Å². The second-order valence-electron chi connectivity index (χ2n) is 5.74. The van der Waals surface area contributed by atoms with Crippen molar-refractivity contribution in [3.05, 3.63) is 29.8 Å². The molecule has 4 heteroatoms. The van der Waals surface area contributed by atoms with Crippen LogP contribution in [0.4, 0.5) is 5.69 Å². The van der Waals surface area contributed by atoms with E-state index in [1.54, 1.807) is 7.05 Å². The van der Waals surface area contributed by atoms with Crippen LogP contribution in [0.2, 0.25) is 0 Å². The van der Waals surface area contributed by atoms with Crippen molar-refractivity contribution in [2.24, 2.45) is 5.92 Å². The largest absolute Gasteiger partial charge is 0.336 e. The molecule has 0 heterocycles. The Morgan fingerprint density at radius 1 is 1.24 bits per heavy atom. The van der Waals surface area contributed by atoms with Gasteiger partial charge in [-0.1, -0.05) is 39.0 Å². The van der Waals surface area contributed by atoms with E-state index in [0.717, 1.165) is 24.1 Å². The quantitative estimate of drug-likeness (QED) is 0.839. The lowest BCUT2D eigenvalue weighted by Gasteiger charge is -2.18. The number of carbonyl (C=O) groups excluding carboxylic acids is 2. The van der Waals surface area contributed by atoms with Crippen molar-refractivity contribution in [2.45, 2.75) is 40.0 Å². The van der Waals surface area contributed by atoms with E-state index in [1.807, 2.05) is 31.2 Å². The molecule has 0 aliphatic carbocycles. The van der Waals surface area contributed by atoms with E-state index in [2.05, 4.69) is 19.2 Å². The number of hydrogen-bond donors (Lipinski definition) is 1. The monoisotopic (exact) mass is 290 g/mol. The first-order valence-corrected chi connectivity index (χ1v) is 7.55. The van der Waals surface area contributed by atoms with Crippen LogP contribution in [-0.4, -0.2) is 30.3 Å². The molecule has 0 radical (unpaired) electrons. The van der Waals surface area contributed by atoms with E-state index in [4.69, 9.17) is 0 Å². The van der Waals surface area contributed by atoms with Gasteiger partial charge >= 0.3 is 0 Å². The lowest BCUT2D eigenvalue weighted by molar-refractivity contribution is -0.133. The van der Waals surface area contributed by atoms with Crippen LogP contribution in [0.1, 0.15) is 39.2 Å². The highest BCUT2D eigenvalue weighted by molar-refractivity contribution is 5.95. The molecule has 1 aromatic carbocycles. The number of carbonyl (C=O) groups is 2. The molecular formula is C17H26N2O2. The van der Waals surface area contributed by atoms with Crippen molar-refractivity contribution in [2.75, 3.05) is 18.9 Å². The summed E-state index contributed by atoms with van der Waals surface area (Å²) in [5.41, 5.74) is 1.92. The van der Waals surface area contributed by atoms with Crippen molar-refractivity contribution in [3.8, 4) is 0 Å². The maximum absolute atomic E-state index is 12.0. The van der Waals surface area contributed by atoms with Crippen LogP contribution >= 0.6 is 0 Å². The molecule has 0 aromatic heterocycles. The van der Waals surface area contributed by atoms with Crippen LogP contribution < -0.4 is 5.32 Å². The van der Waals surface area contributed by atoms with E-state index in [-0.39, 0.29) is 18.4 Å². The first-order valence-electron chi connectivity index (χ1n) is 7.55. The Kier molecular flexibility index (Phi) is 6.92. The zero-order chi connectivity index (χ0) is 15.8. The molecule has 116 valence electrons. The van der Waals surface area contributed by atoms with Gasteiger partial charge in [0.2, 0.25) is 11.8 Å². The zero-order valence-corrected chi connectivity index (χ0v) is 13.5. The zero-order valence-electron chi connectivity index (χ0n) is 13.5. The molecule has 0 bridgehead atoms. The highest BCUT2D eigenvalue weighted by Gasteiger charge is 2.14. The van der Waals surface area contributed by atoms with E-state index in [9.17, 15) is 9.59 Å². The van der Waals surface area contributed by atoms with Crippen LogP contribution in [0.25, 0.3) is 0 Å². The Bertz CT molecular complexity index is 483. The average molecular weight is 290 g/mol. The van der Waals surface area contributed by atoms with E-state index in [0.29, 0.717) is 12.3 Å². The van der Waals surface area contributed by atoms with Gasteiger partial charge in [0.05, 0.1) is 6.54 Å². The first kappa shape index (κ1) is 17.2. The summed E-state index contributed by atoms with van der Waals surface area (Å²) in [7, 11) is 1.67. The van der Waals surface area contributed by atoms with Crippen molar-refractivity contribution >= 4 is 17.5 Å². The predicted molar refractivity (Wildman–Crippen MR) is 86.2 cm³/mol. The maximum Gasteiger partial charge on any atom is 0.243 e. The van der Waals surface area contributed by atoms with Gasteiger partial charge in [-0.2, -0.15) is 0 Å². The summed E-state index contributed by atoms with van der Waals surface area (Å²) in [6.45, 7) is 6.31. The number of rotatable bonds is 7. The second-order valence-corrected chi connectivity index (χ2v) is 5.74. The number of para-hydroxylation sites is 1. The fourth-order valence-electron chi connectivity index (χ4n) is 2.05. The Hall–Kier alpha value is -1.84. The van der Waals surface area contributed by atoms with Gasteiger partial charge in [0.1, 0.15) is 0 Å². The fourth-order valence-corrected chi connectivity index (χ4v) is 2.05. The third-order valence-electron chi connectivity index (χ3n) is 3.41. The lowest BCUT2D eigenvalue weighted by atomic mass is 10.1. The molecule has 0 saturated carbocycles. The molecule has 4 nitrogen and oxygen atoms in total. The molecule has 0 fully saturated rings. The Labute approximate surface area is 127 Å². The summed E-state index contributed by atoms with van der Waals surface area (Å²) in [6.07, 6.45) is 2.20. The van der Waals surface area contributed by atoms with Gasteiger partial charge in [-0.3, -0.25) is 9.59 Å². The molecule has 0 aliphatic heterocycles. The first-order chi connectivity index (χ1) is 9.93. The second kappa shape index (κ2) is 8.45. The molecule has 1 rings (SSSR count). The minimum absolute atomic E-state index is 0.0163. The predicted octanol–water partition coefficient (Wildman–Crippen LogP) is 3.08. The average Bonchev–Trinajstić information content (AvgIpc) is 2.44. The number of nitrogens with one attached hydrogen (secondary N) is 1. The minimum atomic E-state index is -0.156. The summed E-state index contributed by atoms with van der Waals surface area (Å²) in [6, 6.07) is 7.73. The summed E-state index contributed by atoms with van der Waals surface area (Å²) >= 11 is 0. The minimum Gasteiger partial charge on any atom is -0.336 e. The molecule has 0 aliphatic rings.